The summed E-state index contributed by atoms with van der Waals surface area (Å²) in [7, 11) is 0. The summed E-state index contributed by atoms with van der Waals surface area (Å²) in [6, 6.07) is 12.8. The van der Waals surface area contributed by atoms with Crippen LogP contribution in [0, 0.1) is 22.6 Å². The highest BCUT2D eigenvalue weighted by Gasteiger charge is 2.36. The average Bonchev–Trinajstić information content (AvgIpc) is 3.51. The van der Waals surface area contributed by atoms with Crippen LogP contribution < -0.4 is 10.6 Å². The first-order valence-corrected chi connectivity index (χ1v) is 10.9. The molecule has 1 fully saturated rings. The predicted octanol–water partition coefficient (Wildman–Crippen LogP) is 3.52. The van der Waals surface area contributed by atoms with Gasteiger partial charge in [0.1, 0.15) is 11.9 Å². The fraction of sp³-hybridized carbons (Fsp3) is 0.360. The van der Waals surface area contributed by atoms with Crippen molar-refractivity contribution < 1.29 is 14.0 Å². The quantitative estimate of drug-likeness (QED) is 0.604. The van der Waals surface area contributed by atoms with Crippen LogP contribution >= 0.6 is 0 Å². The van der Waals surface area contributed by atoms with Crippen LogP contribution in [0.1, 0.15) is 55.2 Å². The third-order valence-electron chi connectivity index (χ3n) is 5.70. The second-order valence-corrected chi connectivity index (χ2v) is 9.50. The normalized spacial score (nSPS) is 14.5. The highest BCUT2D eigenvalue weighted by Crippen LogP contribution is 2.25. The molecule has 1 saturated carbocycles. The van der Waals surface area contributed by atoms with E-state index in [0.717, 1.165) is 12.8 Å². The Balaban J connectivity index is 1.64. The first-order valence-electron chi connectivity index (χ1n) is 10.9. The lowest BCUT2D eigenvalue weighted by Gasteiger charge is -2.30. The molecule has 0 saturated heterocycles. The van der Waals surface area contributed by atoms with E-state index in [2.05, 4.69) is 15.7 Å². The second kappa shape index (κ2) is 8.66. The predicted molar refractivity (Wildman–Crippen MR) is 122 cm³/mol. The molecule has 0 spiro atoms. The van der Waals surface area contributed by atoms with Gasteiger partial charge in [0.15, 0.2) is 5.69 Å². The zero-order valence-corrected chi connectivity index (χ0v) is 18.9. The number of rotatable bonds is 6. The Morgan fingerprint density at radius 1 is 1.24 bits per heavy atom. The molecule has 0 aliphatic heterocycles. The van der Waals surface area contributed by atoms with Gasteiger partial charge in [0, 0.05) is 17.0 Å². The number of carbonyl (C=O) groups excluding carboxylic acids is 2. The number of para-hydroxylation sites is 1. The summed E-state index contributed by atoms with van der Waals surface area (Å²) in [5.74, 6) is -1.18. The Morgan fingerprint density at radius 2 is 1.97 bits per heavy atom. The van der Waals surface area contributed by atoms with Crippen molar-refractivity contribution >= 4 is 22.7 Å². The Hall–Kier alpha value is -3.73. The summed E-state index contributed by atoms with van der Waals surface area (Å²) in [5, 5.41) is 19.9. The van der Waals surface area contributed by atoms with E-state index in [4.69, 9.17) is 5.26 Å². The molecule has 0 bridgehead atoms. The van der Waals surface area contributed by atoms with Crippen LogP contribution in [0.25, 0.3) is 10.9 Å². The van der Waals surface area contributed by atoms with Gasteiger partial charge in [-0.15, -0.1) is 0 Å². The lowest BCUT2D eigenvalue weighted by atomic mass is 9.86. The van der Waals surface area contributed by atoms with Crippen molar-refractivity contribution in [2.24, 2.45) is 5.41 Å². The summed E-state index contributed by atoms with van der Waals surface area (Å²) in [6.45, 7) is 5.79. The lowest BCUT2D eigenvalue weighted by molar-refractivity contribution is -0.125. The number of benzene rings is 2. The second-order valence-electron chi connectivity index (χ2n) is 9.50. The van der Waals surface area contributed by atoms with Crippen LogP contribution in [0.3, 0.4) is 0 Å². The van der Waals surface area contributed by atoms with Gasteiger partial charge in [-0.05, 0) is 36.5 Å². The molecule has 170 valence electrons. The Morgan fingerprint density at radius 3 is 2.61 bits per heavy atom. The van der Waals surface area contributed by atoms with Gasteiger partial charge in [-0.2, -0.15) is 10.4 Å². The molecule has 1 aliphatic rings. The number of carbonyl (C=O) groups is 2. The monoisotopic (exact) mass is 447 g/mol. The van der Waals surface area contributed by atoms with Crippen molar-refractivity contribution in [3.8, 4) is 6.07 Å². The fourth-order valence-electron chi connectivity index (χ4n) is 3.71. The molecule has 4 rings (SSSR count). The summed E-state index contributed by atoms with van der Waals surface area (Å²) in [4.78, 5) is 26.1. The van der Waals surface area contributed by atoms with Gasteiger partial charge < -0.3 is 10.6 Å². The summed E-state index contributed by atoms with van der Waals surface area (Å²) < 4.78 is 16.0. The van der Waals surface area contributed by atoms with E-state index in [1.165, 1.54) is 6.07 Å². The lowest BCUT2D eigenvalue weighted by Crippen LogP contribution is -2.54. The molecule has 1 aliphatic carbocycles. The number of halogens is 1. The van der Waals surface area contributed by atoms with Gasteiger partial charge in [-0.3, -0.25) is 14.3 Å². The maximum absolute atomic E-state index is 14.5. The summed E-state index contributed by atoms with van der Waals surface area (Å²) >= 11 is 0. The van der Waals surface area contributed by atoms with Crippen LogP contribution in [0.2, 0.25) is 0 Å². The number of hydrogen-bond acceptors (Lipinski definition) is 4. The van der Waals surface area contributed by atoms with E-state index in [0.29, 0.717) is 16.5 Å². The van der Waals surface area contributed by atoms with E-state index in [1.54, 1.807) is 28.9 Å². The molecule has 0 radical (unpaired) electrons. The van der Waals surface area contributed by atoms with Crippen molar-refractivity contribution in [3.05, 3.63) is 65.1 Å². The molecule has 1 aromatic heterocycles. The van der Waals surface area contributed by atoms with Crippen molar-refractivity contribution in [2.45, 2.75) is 52.2 Å². The fourth-order valence-corrected chi connectivity index (χ4v) is 3.71. The van der Waals surface area contributed by atoms with Gasteiger partial charge in [-0.1, -0.05) is 45.0 Å². The highest BCUT2D eigenvalue weighted by molar-refractivity contribution is 6.06. The minimum Gasteiger partial charge on any atom is -0.352 e. The van der Waals surface area contributed by atoms with E-state index in [-0.39, 0.29) is 29.8 Å². The minimum absolute atomic E-state index is 0.0935. The molecule has 8 heteroatoms. The first kappa shape index (κ1) is 22.5. The summed E-state index contributed by atoms with van der Waals surface area (Å²) in [5.41, 5.74) is 0.928. The highest BCUT2D eigenvalue weighted by atomic mass is 19.1. The maximum Gasteiger partial charge on any atom is 0.273 e. The number of fused-ring (bicyclic) bond motifs is 1. The number of amides is 2. The molecule has 3 aromatic rings. The van der Waals surface area contributed by atoms with Gasteiger partial charge in [-0.25, -0.2) is 4.39 Å². The first-order chi connectivity index (χ1) is 15.7. The van der Waals surface area contributed by atoms with E-state index < -0.39 is 23.2 Å². The van der Waals surface area contributed by atoms with Gasteiger partial charge in [0.05, 0.1) is 23.7 Å². The third-order valence-corrected chi connectivity index (χ3v) is 5.70. The number of aromatic nitrogens is 2. The molecular weight excluding hydrogens is 421 g/mol. The average molecular weight is 448 g/mol. The topological polar surface area (TPSA) is 99.8 Å². The van der Waals surface area contributed by atoms with Crippen molar-refractivity contribution in [1.82, 2.24) is 20.4 Å². The van der Waals surface area contributed by atoms with E-state index >= 15 is 0 Å². The number of nitrogens with one attached hydrogen (secondary N) is 2. The van der Waals surface area contributed by atoms with E-state index in [9.17, 15) is 14.0 Å². The van der Waals surface area contributed by atoms with Gasteiger partial charge >= 0.3 is 0 Å². The van der Waals surface area contributed by atoms with Crippen molar-refractivity contribution in [1.29, 1.82) is 5.26 Å². The zero-order chi connectivity index (χ0) is 23.8. The molecule has 2 amide bonds. The molecule has 2 aromatic carbocycles. The minimum atomic E-state index is -0.731. The molecule has 1 atom stereocenters. The zero-order valence-electron chi connectivity index (χ0n) is 18.9. The van der Waals surface area contributed by atoms with Crippen LogP contribution in [0.15, 0.2) is 42.5 Å². The molecule has 2 N–H and O–H groups in total. The van der Waals surface area contributed by atoms with Gasteiger partial charge in [0.25, 0.3) is 5.91 Å². The van der Waals surface area contributed by atoms with Gasteiger partial charge in [0.2, 0.25) is 5.91 Å². The molecule has 33 heavy (non-hydrogen) atoms. The van der Waals surface area contributed by atoms with Crippen LogP contribution in [-0.2, 0) is 11.3 Å². The number of nitrogens with zero attached hydrogens (tertiary/aromatic N) is 3. The Labute approximate surface area is 191 Å². The standard InChI is InChI=1S/C25H26FN5O2/c1-25(2,3)22(24(33)28-17-10-11-17)29-23(32)21-18-6-4-5-7-20(18)31(30-21)14-16-9-8-15(13-27)12-19(16)26/h4-9,12,17,22H,10-11,14H2,1-3H3,(H,28,33)(H,29,32)/t22-/m1/s1. The molecule has 0 unspecified atom stereocenters. The third kappa shape index (κ3) is 4.87. The molecule has 7 nitrogen and oxygen atoms in total. The molecule has 1 heterocycles. The van der Waals surface area contributed by atoms with E-state index in [1.807, 2.05) is 39.0 Å². The molecular formula is C25H26FN5O2. The van der Waals surface area contributed by atoms with Crippen molar-refractivity contribution in [3.63, 3.8) is 0 Å². The number of nitriles is 1. The Bertz CT molecular complexity index is 1260. The van der Waals surface area contributed by atoms with Crippen LogP contribution in [-0.4, -0.2) is 33.7 Å². The summed E-state index contributed by atoms with van der Waals surface area (Å²) in [6.07, 6.45) is 1.91. The van der Waals surface area contributed by atoms with Crippen LogP contribution in [0.5, 0.6) is 0 Å². The van der Waals surface area contributed by atoms with Crippen molar-refractivity contribution in [2.75, 3.05) is 0 Å². The maximum atomic E-state index is 14.5. The Kier molecular flexibility index (Phi) is 5.90. The largest absolute Gasteiger partial charge is 0.352 e. The SMILES string of the molecule is CC(C)(C)[C@H](NC(=O)c1nn(Cc2ccc(C#N)cc2F)c2ccccc12)C(=O)NC1CC1. The smallest absolute Gasteiger partial charge is 0.273 e. The van der Waals surface area contributed by atoms with Crippen LogP contribution in [0.4, 0.5) is 4.39 Å². The number of hydrogen-bond donors (Lipinski definition) is 2.